The summed E-state index contributed by atoms with van der Waals surface area (Å²) >= 11 is 3.62. The Morgan fingerprint density at radius 2 is 2.00 bits per heavy atom. The maximum atomic E-state index is 4.56. The van der Waals surface area contributed by atoms with Crippen LogP contribution in [0.4, 0.5) is 0 Å². The standard InChI is InChI=1S/C17H18BrN3/c1-2-19-10-14-12-21(17-15(14)7-5-9-20-17)11-13-6-3-4-8-16(13)18/h3-9,12,19H,2,10-11H2,1H3. The second-order valence-corrected chi connectivity index (χ2v) is 5.88. The Morgan fingerprint density at radius 1 is 1.14 bits per heavy atom. The Kier molecular flexibility index (Phi) is 4.36. The fourth-order valence-electron chi connectivity index (χ4n) is 2.53. The van der Waals surface area contributed by atoms with Crippen LogP contribution in [0.3, 0.4) is 0 Å². The van der Waals surface area contributed by atoms with Gasteiger partial charge in [0.05, 0.1) is 6.54 Å². The van der Waals surface area contributed by atoms with Crippen molar-refractivity contribution in [1.29, 1.82) is 0 Å². The van der Waals surface area contributed by atoms with Crippen molar-refractivity contribution in [2.24, 2.45) is 0 Å². The van der Waals surface area contributed by atoms with Crippen molar-refractivity contribution in [2.45, 2.75) is 20.0 Å². The van der Waals surface area contributed by atoms with E-state index in [0.717, 1.165) is 29.8 Å². The van der Waals surface area contributed by atoms with Crippen LogP contribution in [0.5, 0.6) is 0 Å². The van der Waals surface area contributed by atoms with Crippen LogP contribution < -0.4 is 5.32 Å². The molecule has 3 aromatic rings. The van der Waals surface area contributed by atoms with Crippen molar-refractivity contribution >= 4 is 27.0 Å². The number of benzene rings is 1. The highest BCUT2D eigenvalue weighted by Crippen LogP contribution is 2.23. The molecule has 2 aromatic heterocycles. The van der Waals surface area contributed by atoms with E-state index in [9.17, 15) is 0 Å². The average molecular weight is 344 g/mol. The molecule has 0 bridgehead atoms. The summed E-state index contributed by atoms with van der Waals surface area (Å²) < 4.78 is 3.36. The number of halogens is 1. The summed E-state index contributed by atoms with van der Waals surface area (Å²) in [6.07, 6.45) is 4.07. The Hall–Kier alpha value is -1.65. The minimum atomic E-state index is 0.820. The molecule has 0 atom stereocenters. The van der Waals surface area contributed by atoms with Crippen molar-refractivity contribution in [3.63, 3.8) is 0 Å². The van der Waals surface area contributed by atoms with Gasteiger partial charge in [0, 0.05) is 28.8 Å². The van der Waals surface area contributed by atoms with Crippen molar-refractivity contribution in [2.75, 3.05) is 6.54 Å². The second-order valence-electron chi connectivity index (χ2n) is 5.03. The first kappa shape index (κ1) is 14.3. The third-order valence-corrected chi connectivity index (χ3v) is 4.35. The molecule has 21 heavy (non-hydrogen) atoms. The zero-order valence-corrected chi connectivity index (χ0v) is 13.6. The zero-order valence-electron chi connectivity index (χ0n) is 12.0. The van der Waals surface area contributed by atoms with Gasteiger partial charge in [-0.25, -0.2) is 4.98 Å². The summed E-state index contributed by atoms with van der Waals surface area (Å²) in [4.78, 5) is 4.56. The Morgan fingerprint density at radius 3 is 2.81 bits per heavy atom. The maximum Gasteiger partial charge on any atom is 0.140 e. The third-order valence-electron chi connectivity index (χ3n) is 3.58. The van der Waals surface area contributed by atoms with Gasteiger partial charge in [0.25, 0.3) is 0 Å². The molecular weight excluding hydrogens is 326 g/mol. The van der Waals surface area contributed by atoms with E-state index in [1.165, 1.54) is 16.5 Å². The van der Waals surface area contributed by atoms with Crippen molar-refractivity contribution in [1.82, 2.24) is 14.9 Å². The molecule has 0 amide bonds. The van der Waals surface area contributed by atoms with E-state index in [1.807, 2.05) is 18.3 Å². The van der Waals surface area contributed by atoms with Gasteiger partial charge in [0.1, 0.15) is 5.65 Å². The number of hydrogen-bond acceptors (Lipinski definition) is 2. The Labute approximate surface area is 133 Å². The van der Waals surface area contributed by atoms with Crippen molar-refractivity contribution in [3.8, 4) is 0 Å². The van der Waals surface area contributed by atoms with Crippen LogP contribution in [-0.2, 0) is 13.1 Å². The van der Waals surface area contributed by atoms with Crippen LogP contribution in [0.1, 0.15) is 18.1 Å². The number of hydrogen-bond donors (Lipinski definition) is 1. The van der Waals surface area contributed by atoms with Crippen LogP contribution in [0.2, 0.25) is 0 Å². The molecule has 2 heterocycles. The number of nitrogens with one attached hydrogen (secondary N) is 1. The molecule has 0 saturated carbocycles. The number of nitrogens with zero attached hydrogens (tertiary/aromatic N) is 2. The number of pyridine rings is 1. The van der Waals surface area contributed by atoms with Crippen LogP contribution in [0, 0.1) is 0 Å². The molecule has 0 aliphatic rings. The number of aromatic nitrogens is 2. The molecule has 1 N–H and O–H groups in total. The summed E-state index contributed by atoms with van der Waals surface area (Å²) in [5.41, 5.74) is 3.60. The van der Waals surface area contributed by atoms with Gasteiger partial charge in [0.15, 0.2) is 0 Å². The van der Waals surface area contributed by atoms with Crippen LogP contribution >= 0.6 is 15.9 Å². The van der Waals surface area contributed by atoms with E-state index in [4.69, 9.17) is 0 Å². The van der Waals surface area contributed by atoms with Gasteiger partial charge in [-0.1, -0.05) is 41.1 Å². The second kappa shape index (κ2) is 6.41. The highest BCUT2D eigenvalue weighted by atomic mass is 79.9. The topological polar surface area (TPSA) is 29.9 Å². The molecule has 108 valence electrons. The molecule has 0 spiro atoms. The molecule has 0 aliphatic heterocycles. The third kappa shape index (κ3) is 3.01. The average Bonchev–Trinajstić information content (AvgIpc) is 2.86. The van der Waals surface area contributed by atoms with E-state index >= 15 is 0 Å². The quantitative estimate of drug-likeness (QED) is 0.759. The van der Waals surface area contributed by atoms with Gasteiger partial charge in [-0.2, -0.15) is 0 Å². The molecule has 0 fully saturated rings. The van der Waals surface area contributed by atoms with Crippen molar-refractivity contribution in [3.05, 3.63) is 64.4 Å². The number of rotatable bonds is 5. The van der Waals surface area contributed by atoms with Crippen LogP contribution in [0.25, 0.3) is 11.0 Å². The molecule has 0 radical (unpaired) electrons. The maximum absolute atomic E-state index is 4.56. The van der Waals surface area contributed by atoms with Gasteiger partial charge >= 0.3 is 0 Å². The molecule has 0 aliphatic carbocycles. The Bertz CT molecular complexity index is 749. The van der Waals surface area contributed by atoms with Gasteiger partial charge in [-0.3, -0.25) is 0 Å². The van der Waals surface area contributed by atoms with E-state index < -0.39 is 0 Å². The summed E-state index contributed by atoms with van der Waals surface area (Å²) in [5.74, 6) is 0. The summed E-state index contributed by atoms with van der Waals surface area (Å²) in [6.45, 7) is 4.79. The van der Waals surface area contributed by atoms with Gasteiger partial charge in [0.2, 0.25) is 0 Å². The minimum Gasteiger partial charge on any atom is -0.328 e. The van der Waals surface area contributed by atoms with E-state index in [1.54, 1.807) is 0 Å². The normalized spacial score (nSPS) is 11.1. The molecule has 4 heteroatoms. The zero-order chi connectivity index (χ0) is 14.7. The minimum absolute atomic E-state index is 0.820. The summed E-state index contributed by atoms with van der Waals surface area (Å²) in [5, 5.41) is 4.62. The predicted octanol–water partition coefficient (Wildman–Crippen LogP) is 3.96. The lowest BCUT2D eigenvalue weighted by atomic mass is 10.2. The lowest BCUT2D eigenvalue weighted by Crippen LogP contribution is -2.11. The molecule has 0 unspecified atom stereocenters. The molecule has 3 rings (SSSR count). The predicted molar refractivity (Wildman–Crippen MR) is 90.4 cm³/mol. The van der Waals surface area contributed by atoms with E-state index in [-0.39, 0.29) is 0 Å². The lowest BCUT2D eigenvalue weighted by molar-refractivity contribution is 0.724. The molecule has 3 nitrogen and oxygen atoms in total. The van der Waals surface area contributed by atoms with E-state index in [2.05, 4.69) is 68.2 Å². The molecule has 0 saturated heterocycles. The van der Waals surface area contributed by atoms with Gasteiger partial charge in [-0.05, 0) is 35.9 Å². The first-order chi connectivity index (χ1) is 10.3. The van der Waals surface area contributed by atoms with Crippen LogP contribution in [0.15, 0.2) is 53.3 Å². The van der Waals surface area contributed by atoms with Gasteiger partial charge in [-0.15, -0.1) is 0 Å². The first-order valence-corrected chi connectivity index (χ1v) is 7.95. The fraction of sp³-hybridized carbons (Fsp3) is 0.235. The molecule has 1 aromatic carbocycles. The summed E-state index contributed by atoms with van der Waals surface area (Å²) in [6, 6.07) is 12.5. The lowest BCUT2D eigenvalue weighted by Gasteiger charge is -2.06. The monoisotopic (exact) mass is 343 g/mol. The van der Waals surface area contributed by atoms with Crippen molar-refractivity contribution < 1.29 is 0 Å². The van der Waals surface area contributed by atoms with E-state index in [0.29, 0.717) is 0 Å². The Balaban J connectivity index is 2.00. The highest BCUT2D eigenvalue weighted by molar-refractivity contribution is 9.10. The smallest absolute Gasteiger partial charge is 0.140 e. The SMILES string of the molecule is CCNCc1cn(Cc2ccccc2Br)c2ncccc12. The summed E-state index contributed by atoms with van der Waals surface area (Å²) in [7, 11) is 0. The number of fused-ring (bicyclic) bond motifs is 1. The largest absolute Gasteiger partial charge is 0.328 e. The molecular formula is C17H18BrN3. The van der Waals surface area contributed by atoms with Gasteiger partial charge < -0.3 is 9.88 Å². The first-order valence-electron chi connectivity index (χ1n) is 7.16. The van der Waals surface area contributed by atoms with Crippen LogP contribution in [-0.4, -0.2) is 16.1 Å². The fourth-order valence-corrected chi connectivity index (χ4v) is 2.94. The highest BCUT2D eigenvalue weighted by Gasteiger charge is 2.10.